The zero-order chi connectivity index (χ0) is 10.6. The zero-order valence-corrected chi connectivity index (χ0v) is 8.00. The fourth-order valence-corrected chi connectivity index (χ4v) is 1.20. The van der Waals surface area contributed by atoms with E-state index in [4.69, 9.17) is 11.0 Å². The third kappa shape index (κ3) is 2.13. The number of nitrogen functional groups attached to an aromatic ring is 1. The van der Waals surface area contributed by atoms with Crippen LogP contribution in [0.25, 0.3) is 0 Å². The Morgan fingerprint density at radius 2 is 2.29 bits per heavy atom. The van der Waals surface area contributed by atoms with Crippen molar-refractivity contribution in [3.05, 3.63) is 24.0 Å². The molecule has 0 heterocycles. The van der Waals surface area contributed by atoms with Crippen molar-refractivity contribution in [2.45, 2.75) is 6.42 Å². The number of rotatable bonds is 3. The standard InChI is InChI=1S/C10H12FN3/c1-14(7-3-6-12)9-5-2-4-8(11)10(9)13/h2,4-5H,3,7,13H2,1H3. The van der Waals surface area contributed by atoms with Crippen molar-refractivity contribution in [2.75, 3.05) is 24.2 Å². The van der Waals surface area contributed by atoms with Crippen molar-refractivity contribution >= 4 is 11.4 Å². The van der Waals surface area contributed by atoms with Crippen LogP contribution < -0.4 is 10.6 Å². The molecule has 0 bridgehead atoms. The minimum Gasteiger partial charge on any atom is -0.395 e. The molecule has 0 saturated carbocycles. The molecule has 0 amide bonds. The van der Waals surface area contributed by atoms with Gasteiger partial charge in [-0.25, -0.2) is 4.39 Å². The van der Waals surface area contributed by atoms with Gasteiger partial charge in [-0.05, 0) is 12.1 Å². The Morgan fingerprint density at radius 1 is 1.57 bits per heavy atom. The average molecular weight is 193 g/mol. The molecular formula is C10H12FN3. The second-order valence-corrected chi connectivity index (χ2v) is 3.00. The predicted molar refractivity (Wildman–Crippen MR) is 54.3 cm³/mol. The monoisotopic (exact) mass is 193 g/mol. The van der Waals surface area contributed by atoms with Crippen molar-refractivity contribution < 1.29 is 4.39 Å². The first-order chi connectivity index (χ1) is 6.66. The molecule has 0 spiro atoms. The first-order valence-electron chi connectivity index (χ1n) is 4.29. The van der Waals surface area contributed by atoms with E-state index in [1.54, 1.807) is 24.1 Å². The molecule has 0 aromatic heterocycles. The minimum absolute atomic E-state index is 0.132. The molecule has 14 heavy (non-hydrogen) atoms. The Labute approximate surface area is 82.5 Å². The van der Waals surface area contributed by atoms with Crippen molar-refractivity contribution in [1.29, 1.82) is 5.26 Å². The van der Waals surface area contributed by atoms with Crippen LogP contribution in [0.3, 0.4) is 0 Å². The molecule has 2 N–H and O–H groups in total. The lowest BCUT2D eigenvalue weighted by atomic mass is 10.2. The highest BCUT2D eigenvalue weighted by atomic mass is 19.1. The van der Waals surface area contributed by atoms with E-state index >= 15 is 0 Å². The van der Waals surface area contributed by atoms with Crippen molar-refractivity contribution in [2.24, 2.45) is 0 Å². The summed E-state index contributed by atoms with van der Waals surface area (Å²) < 4.78 is 13.0. The molecule has 0 radical (unpaired) electrons. The molecule has 0 atom stereocenters. The molecule has 74 valence electrons. The first kappa shape index (κ1) is 10.3. The maximum atomic E-state index is 13.0. The number of nitriles is 1. The lowest BCUT2D eigenvalue weighted by Crippen LogP contribution is -2.19. The van der Waals surface area contributed by atoms with E-state index in [1.807, 2.05) is 6.07 Å². The Hall–Kier alpha value is -1.76. The van der Waals surface area contributed by atoms with Crippen LogP contribution in [0, 0.1) is 17.1 Å². The highest BCUT2D eigenvalue weighted by Gasteiger charge is 2.07. The van der Waals surface area contributed by atoms with Gasteiger partial charge < -0.3 is 10.6 Å². The molecule has 0 fully saturated rings. The van der Waals surface area contributed by atoms with E-state index in [1.165, 1.54) is 6.07 Å². The third-order valence-electron chi connectivity index (χ3n) is 2.00. The topological polar surface area (TPSA) is 53.0 Å². The van der Waals surface area contributed by atoms with E-state index in [0.29, 0.717) is 18.7 Å². The smallest absolute Gasteiger partial charge is 0.148 e. The molecule has 1 aromatic carbocycles. The summed E-state index contributed by atoms with van der Waals surface area (Å²) in [5.74, 6) is -0.425. The number of nitrogens with two attached hydrogens (primary N) is 1. The van der Waals surface area contributed by atoms with Gasteiger partial charge in [0.2, 0.25) is 0 Å². The second kappa shape index (κ2) is 4.47. The van der Waals surface area contributed by atoms with Crippen molar-refractivity contribution in [3.8, 4) is 6.07 Å². The molecule has 0 saturated heterocycles. The molecule has 4 heteroatoms. The predicted octanol–water partition coefficient (Wildman–Crippen LogP) is 1.76. The molecule has 0 aliphatic heterocycles. The normalized spacial score (nSPS) is 9.50. The molecule has 1 aromatic rings. The second-order valence-electron chi connectivity index (χ2n) is 3.00. The summed E-state index contributed by atoms with van der Waals surface area (Å²) in [6.07, 6.45) is 0.395. The van der Waals surface area contributed by atoms with Crippen LogP contribution in [0.15, 0.2) is 18.2 Å². The zero-order valence-electron chi connectivity index (χ0n) is 8.00. The highest BCUT2D eigenvalue weighted by molar-refractivity contribution is 5.67. The van der Waals surface area contributed by atoms with Crippen molar-refractivity contribution in [1.82, 2.24) is 0 Å². The SMILES string of the molecule is CN(CCC#N)c1cccc(F)c1N. The maximum absolute atomic E-state index is 13.0. The van der Waals surface area contributed by atoms with E-state index in [-0.39, 0.29) is 5.69 Å². The largest absolute Gasteiger partial charge is 0.395 e. The number of para-hydroxylation sites is 1. The molecule has 0 aliphatic rings. The number of nitrogens with zero attached hydrogens (tertiary/aromatic N) is 2. The van der Waals surface area contributed by atoms with Gasteiger partial charge >= 0.3 is 0 Å². The number of anilines is 2. The molecule has 1 rings (SSSR count). The Balaban J connectivity index is 2.85. The van der Waals surface area contributed by atoms with Gasteiger partial charge in [-0.3, -0.25) is 0 Å². The summed E-state index contributed by atoms with van der Waals surface area (Å²) in [6, 6.07) is 6.68. The summed E-state index contributed by atoms with van der Waals surface area (Å²) in [5.41, 5.74) is 6.31. The van der Waals surface area contributed by atoms with E-state index < -0.39 is 5.82 Å². The van der Waals surface area contributed by atoms with Gasteiger partial charge in [0.15, 0.2) is 0 Å². The summed E-state index contributed by atoms with van der Waals surface area (Å²) in [5, 5.41) is 8.40. The molecule has 0 aliphatic carbocycles. The number of hydrogen-bond donors (Lipinski definition) is 1. The molecular weight excluding hydrogens is 181 g/mol. The Bertz CT molecular complexity index is 357. The van der Waals surface area contributed by atoms with Crippen LogP contribution in [-0.2, 0) is 0 Å². The summed E-state index contributed by atoms with van der Waals surface area (Å²) in [7, 11) is 1.78. The van der Waals surface area contributed by atoms with Crippen LogP contribution in [0.4, 0.5) is 15.8 Å². The highest BCUT2D eigenvalue weighted by Crippen LogP contribution is 2.24. The fourth-order valence-electron chi connectivity index (χ4n) is 1.20. The van der Waals surface area contributed by atoms with Crippen LogP contribution in [0.5, 0.6) is 0 Å². The molecule has 0 unspecified atom stereocenters. The number of hydrogen-bond acceptors (Lipinski definition) is 3. The van der Waals surface area contributed by atoms with E-state index in [9.17, 15) is 4.39 Å². The van der Waals surface area contributed by atoms with Crippen LogP contribution in [-0.4, -0.2) is 13.6 Å². The molecule has 3 nitrogen and oxygen atoms in total. The lowest BCUT2D eigenvalue weighted by Gasteiger charge is -2.19. The van der Waals surface area contributed by atoms with Crippen LogP contribution >= 0.6 is 0 Å². The van der Waals surface area contributed by atoms with Gasteiger partial charge in [0.1, 0.15) is 5.82 Å². The number of benzene rings is 1. The number of halogens is 1. The Morgan fingerprint density at radius 3 is 2.93 bits per heavy atom. The van der Waals surface area contributed by atoms with E-state index in [0.717, 1.165) is 0 Å². The fraction of sp³-hybridized carbons (Fsp3) is 0.300. The van der Waals surface area contributed by atoms with E-state index in [2.05, 4.69) is 0 Å². The first-order valence-corrected chi connectivity index (χ1v) is 4.29. The van der Waals surface area contributed by atoms with Gasteiger partial charge in [-0.15, -0.1) is 0 Å². The van der Waals surface area contributed by atoms with Crippen LogP contribution in [0.2, 0.25) is 0 Å². The van der Waals surface area contributed by atoms with Crippen LogP contribution in [0.1, 0.15) is 6.42 Å². The minimum atomic E-state index is -0.425. The van der Waals surface area contributed by atoms with Gasteiger partial charge in [-0.2, -0.15) is 5.26 Å². The quantitative estimate of drug-likeness (QED) is 0.744. The average Bonchev–Trinajstić information content (AvgIpc) is 2.18. The third-order valence-corrected chi connectivity index (χ3v) is 2.00. The summed E-state index contributed by atoms with van der Waals surface area (Å²) in [6.45, 7) is 0.546. The lowest BCUT2D eigenvalue weighted by molar-refractivity contribution is 0.632. The summed E-state index contributed by atoms with van der Waals surface area (Å²) >= 11 is 0. The maximum Gasteiger partial charge on any atom is 0.148 e. The van der Waals surface area contributed by atoms with Gasteiger partial charge in [0.05, 0.1) is 23.9 Å². The van der Waals surface area contributed by atoms with Gasteiger partial charge in [-0.1, -0.05) is 6.07 Å². The van der Waals surface area contributed by atoms with Crippen molar-refractivity contribution in [3.63, 3.8) is 0 Å². The Kier molecular flexibility index (Phi) is 3.29. The summed E-state index contributed by atoms with van der Waals surface area (Å²) in [4.78, 5) is 1.77. The van der Waals surface area contributed by atoms with Gasteiger partial charge in [0, 0.05) is 13.6 Å². The van der Waals surface area contributed by atoms with Gasteiger partial charge in [0.25, 0.3) is 0 Å².